The van der Waals surface area contributed by atoms with Gasteiger partial charge in [0.15, 0.2) is 6.10 Å². The second-order valence-corrected chi connectivity index (χ2v) is 13.6. The molecule has 0 saturated heterocycles. The van der Waals surface area contributed by atoms with Crippen molar-refractivity contribution in [2.45, 2.75) is 57.9 Å². The fourth-order valence-electron chi connectivity index (χ4n) is 4.60. The van der Waals surface area contributed by atoms with Crippen molar-refractivity contribution in [3.63, 3.8) is 0 Å². The lowest BCUT2D eigenvalue weighted by molar-refractivity contribution is -0.129. The molecule has 0 spiro atoms. The summed E-state index contributed by atoms with van der Waals surface area (Å²) in [5, 5.41) is 17.5. The van der Waals surface area contributed by atoms with Gasteiger partial charge in [-0.05, 0) is 54.2 Å². The highest BCUT2D eigenvalue weighted by molar-refractivity contribution is 7.91. The zero-order valence-electron chi connectivity index (χ0n) is 26.5. The molecule has 3 rings (SSSR count). The SMILES string of the molecule is COc1cccc(CNC[C@@H](O)[C@H](Cc2ccccc2)NC(=O)C(CCS(=O)(=O)CCC(C)C)Oc2cccc(OC)c2)c1.Cl. The molecular formula is C34H47ClN2O7S. The number of aliphatic hydroxyl groups is 1. The van der Waals surface area contributed by atoms with Crippen LogP contribution >= 0.6 is 12.4 Å². The van der Waals surface area contributed by atoms with Gasteiger partial charge in [-0.3, -0.25) is 4.79 Å². The number of carbonyl (C=O) groups is 1. The Hall–Kier alpha value is -3.31. The van der Waals surface area contributed by atoms with Gasteiger partial charge in [0.25, 0.3) is 5.91 Å². The molecule has 0 bridgehead atoms. The predicted molar refractivity (Wildman–Crippen MR) is 180 cm³/mol. The highest BCUT2D eigenvalue weighted by Gasteiger charge is 2.29. The van der Waals surface area contributed by atoms with Crippen molar-refractivity contribution in [2.75, 3.05) is 32.3 Å². The standard InChI is InChI=1S/C34H46N2O7S.ClH/c1-25(2)16-18-44(39,40)19-17-33(43-30-15-9-14-29(22-30)42-4)34(38)36-31(21-26-10-6-5-7-11-26)32(37)24-35-23-27-12-8-13-28(20-27)41-3;/h5-15,20,22,25,31-33,35,37H,16-19,21,23-24H2,1-4H3,(H,36,38);1H/t31-,32+,33?;/m0./s1. The van der Waals surface area contributed by atoms with Crippen LogP contribution in [-0.4, -0.2) is 70.0 Å². The molecule has 0 aromatic heterocycles. The molecule has 248 valence electrons. The topological polar surface area (TPSA) is 123 Å². The number of halogens is 1. The summed E-state index contributed by atoms with van der Waals surface area (Å²) in [6.45, 7) is 4.65. The van der Waals surface area contributed by atoms with E-state index in [1.165, 1.54) is 7.11 Å². The van der Waals surface area contributed by atoms with E-state index in [0.29, 0.717) is 30.9 Å². The lowest BCUT2D eigenvalue weighted by Crippen LogP contribution is -2.52. The van der Waals surface area contributed by atoms with E-state index in [1.54, 1.807) is 31.4 Å². The highest BCUT2D eigenvalue weighted by atomic mass is 35.5. The number of ether oxygens (including phenoxy) is 3. The Morgan fingerprint density at radius 3 is 2.09 bits per heavy atom. The molecule has 3 aromatic carbocycles. The van der Waals surface area contributed by atoms with Gasteiger partial charge in [-0.25, -0.2) is 8.42 Å². The van der Waals surface area contributed by atoms with Crippen LogP contribution in [0.5, 0.6) is 17.2 Å². The summed E-state index contributed by atoms with van der Waals surface area (Å²) >= 11 is 0. The van der Waals surface area contributed by atoms with Gasteiger partial charge >= 0.3 is 0 Å². The van der Waals surface area contributed by atoms with Gasteiger partial charge in [0.1, 0.15) is 27.1 Å². The summed E-state index contributed by atoms with van der Waals surface area (Å²) in [4.78, 5) is 13.7. The first-order chi connectivity index (χ1) is 21.1. The third-order valence-electron chi connectivity index (χ3n) is 7.22. The summed E-state index contributed by atoms with van der Waals surface area (Å²) in [6, 6.07) is 23.4. The third kappa shape index (κ3) is 13.7. The number of hydrogen-bond acceptors (Lipinski definition) is 8. The summed E-state index contributed by atoms with van der Waals surface area (Å²) in [5.41, 5.74) is 1.93. The van der Waals surface area contributed by atoms with Gasteiger partial charge in [0.2, 0.25) is 0 Å². The van der Waals surface area contributed by atoms with Crippen LogP contribution in [0, 0.1) is 5.92 Å². The minimum atomic E-state index is -3.40. The van der Waals surface area contributed by atoms with E-state index in [0.717, 1.165) is 16.9 Å². The van der Waals surface area contributed by atoms with Gasteiger partial charge in [-0.15, -0.1) is 12.4 Å². The second kappa shape index (κ2) is 19.3. The van der Waals surface area contributed by atoms with E-state index < -0.39 is 34.0 Å². The Kier molecular flexibility index (Phi) is 16.2. The molecule has 0 aliphatic heterocycles. The summed E-state index contributed by atoms with van der Waals surface area (Å²) in [5.74, 6) is 1.26. The molecule has 0 aliphatic carbocycles. The third-order valence-corrected chi connectivity index (χ3v) is 8.93. The van der Waals surface area contributed by atoms with Gasteiger partial charge in [0.05, 0.1) is 37.9 Å². The van der Waals surface area contributed by atoms with Crippen molar-refractivity contribution in [1.82, 2.24) is 10.6 Å². The number of amides is 1. The summed E-state index contributed by atoms with van der Waals surface area (Å²) in [6.07, 6.45) is -1.17. The molecule has 11 heteroatoms. The molecule has 0 radical (unpaired) electrons. The smallest absolute Gasteiger partial charge is 0.261 e. The maximum Gasteiger partial charge on any atom is 0.261 e. The molecule has 3 aromatic rings. The van der Waals surface area contributed by atoms with Crippen molar-refractivity contribution in [1.29, 1.82) is 0 Å². The number of aliphatic hydroxyl groups excluding tert-OH is 1. The van der Waals surface area contributed by atoms with Crippen molar-refractivity contribution >= 4 is 28.2 Å². The maximum atomic E-state index is 13.7. The quantitative estimate of drug-likeness (QED) is 0.170. The molecule has 0 heterocycles. The molecule has 0 fully saturated rings. The minimum Gasteiger partial charge on any atom is -0.497 e. The van der Waals surface area contributed by atoms with E-state index in [2.05, 4.69) is 10.6 Å². The Morgan fingerprint density at radius 1 is 0.822 bits per heavy atom. The molecular weight excluding hydrogens is 616 g/mol. The van der Waals surface area contributed by atoms with Crippen LogP contribution in [0.15, 0.2) is 78.9 Å². The normalized spacial score (nSPS) is 13.3. The van der Waals surface area contributed by atoms with Gasteiger partial charge in [0, 0.05) is 25.6 Å². The zero-order valence-corrected chi connectivity index (χ0v) is 28.1. The van der Waals surface area contributed by atoms with Crippen molar-refractivity contribution in [2.24, 2.45) is 5.92 Å². The van der Waals surface area contributed by atoms with Crippen LogP contribution in [0.1, 0.15) is 37.8 Å². The number of sulfone groups is 1. The van der Waals surface area contributed by atoms with Crippen LogP contribution in [0.3, 0.4) is 0 Å². The number of rotatable bonds is 19. The fourth-order valence-corrected chi connectivity index (χ4v) is 6.21. The Bertz CT molecular complexity index is 1410. The number of carbonyl (C=O) groups excluding carboxylic acids is 1. The van der Waals surface area contributed by atoms with E-state index in [-0.39, 0.29) is 42.8 Å². The van der Waals surface area contributed by atoms with Crippen molar-refractivity contribution in [3.8, 4) is 17.2 Å². The molecule has 45 heavy (non-hydrogen) atoms. The molecule has 1 unspecified atom stereocenters. The van der Waals surface area contributed by atoms with Crippen LogP contribution in [0.4, 0.5) is 0 Å². The lowest BCUT2D eigenvalue weighted by atomic mass is 10.0. The Labute approximate surface area is 274 Å². The Balaban J connectivity index is 0.00000705. The number of hydrogen-bond donors (Lipinski definition) is 3. The molecule has 0 saturated carbocycles. The summed E-state index contributed by atoms with van der Waals surface area (Å²) in [7, 11) is -0.259. The van der Waals surface area contributed by atoms with Crippen LogP contribution in [0.25, 0.3) is 0 Å². The fraction of sp³-hybridized carbons (Fsp3) is 0.441. The maximum absolute atomic E-state index is 13.7. The predicted octanol–water partition coefficient (Wildman–Crippen LogP) is 4.60. The number of benzene rings is 3. The molecule has 3 atom stereocenters. The molecule has 1 amide bonds. The zero-order chi connectivity index (χ0) is 32.0. The van der Waals surface area contributed by atoms with E-state index in [4.69, 9.17) is 14.2 Å². The number of nitrogens with one attached hydrogen (secondary N) is 2. The minimum absolute atomic E-state index is 0. The van der Waals surface area contributed by atoms with Gasteiger partial charge in [-0.1, -0.05) is 62.4 Å². The largest absolute Gasteiger partial charge is 0.497 e. The average Bonchev–Trinajstić information content (AvgIpc) is 3.02. The van der Waals surface area contributed by atoms with Gasteiger partial charge in [-0.2, -0.15) is 0 Å². The van der Waals surface area contributed by atoms with E-state index >= 15 is 0 Å². The van der Waals surface area contributed by atoms with E-state index in [9.17, 15) is 18.3 Å². The van der Waals surface area contributed by atoms with E-state index in [1.807, 2.05) is 68.4 Å². The first-order valence-corrected chi connectivity index (χ1v) is 16.8. The van der Waals surface area contributed by atoms with Gasteiger partial charge < -0.3 is 30.0 Å². The first-order valence-electron chi connectivity index (χ1n) is 15.0. The van der Waals surface area contributed by atoms with Crippen molar-refractivity contribution < 1.29 is 32.5 Å². The van der Waals surface area contributed by atoms with Crippen LogP contribution < -0.4 is 24.8 Å². The molecule has 0 aliphatic rings. The first kappa shape index (κ1) is 37.9. The molecule has 9 nitrogen and oxygen atoms in total. The highest BCUT2D eigenvalue weighted by Crippen LogP contribution is 2.22. The number of methoxy groups -OCH3 is 2. The second-order valence-electron chi connectivity index (χ2n) is 11.3. The van der Waals surface area contributed by atoms with Crippen LogP contribution in [0.2, 0.25) is 0 Å². The average molecular weight is 663 g/mol. The van der Waals surface area contributed by atoms with Crippen molar-refractivity contribution in [3.05, 3.63) is 90.0 Å². The monoisotopic (exact) mass is 662 g/mol. The molecule has 3 N–H and O–H groups in total. The Morgan fingerprint density at radius 2 is 1.42 bits per heavy atom. The summed E-state index contributed by atoms with van der Waals surface area (Å²) < 4.78 is 42.2. The lowest BCUT2D eigenvalue weighted by Gasteiger charge is -2.27. The van der Waals surface area contributed by atoms with Crippen LogP contribution in [-0.2, 0) is 27.6 Å².